The van der Waals surface area contributed by atoms with Gasteiger partial charge in [0.25, 0.3) is 0 Å². The molecule has 2 aromatic heterocycles. The molecule has 0 aliphatic heterocycles. The number of aromatic nitrogens is 2. The Morgan fingerprint density at radius 3 is 1.44 bits per heavy atom. The molecule has 9 aromatic rings. The molecule has 0 aliphatic carbocycles. The molecule has 0 saturated heterocycles. The van der Waals surface area contributed by atoms with Gasteiger partial charge in [0, 0.05) is 27.2 Å². The Bertz CT molecular complexity index is 2840. The van der Waals surface area contributed by atoms with Crippen LogP contribution >= 0.6 is 0 Å². The first-order valence-corrected chi connectivity index (χ1v) is 18.2. The van der Waals surface area contributed by atoms with Crippen LogP contribution in [0.2, 0.25) is 0 Å². The predicted molar refractivity (Wildman–Crippen MR) is 228 cm³/mol. The Morgan fingerprint density at radius 1 is 0.556 bits per heavy atom. The summed E-state index contributed by atoms with van der Waals surface area (Å²) in [6.45, 7) is 7.78. The minimum atomic E-state index is 0.585. The maximum atomic E-state index is 11.3. The Kier molecular flexibility index (Phi) is 8.11. The minimum absolute atomic E-state index is 0.585. The molecule has 2 heterocycles. The van der Waals surface area contributed by atoms with Crippen LogP contribution in [0.4, 0.5) is 0 Å². The molecule has 0 fully saturated rings. The summed E-state index contributed by atoms with van der Waals surface area (Å²) in [4.78, 5) is 4.22. The predicted octanol–water partition coefficient (Wildman–Crippen LogP) is 13.1. The molecule has 0 saturated carbocycles. The lowest BCUT2D eigenvalue weighted by Gasteiger charge is -2.19. The lowest BCUT2D eigenvalue weighted by molar-refractivity contribution is 1.11. The van der Waals surface area contributed by atoms with Crippen LogP contribution in [-0.2, 0) is 0 Å². The molecule has 9 rings (SSSR count). The molecule has 7 aromatic carbocycles. The average molecular weight is 693 g/mol. The second-order valence-electron chi connectivity index (χ2n) is 13.6. The summed E-state index contributed by atoms with van der Waals surface area (Å²) in [6, 6.07) is 58.2. The second-order valence-corrected chi connectivity index (χ2v) is 13.6. The van der Waals surface area contributed by atoms with Crippen molar-refractivity contribution in [3.8, 4) is 39.7 Å². The van der Waals surface area contributed by atoms with Crippen LogP contribution in [0.25, 0.3) is 82.8 Å². The van der Waals surface area contributed by atoms with E-state index in [0.29, 0.717) is 5.56 Å². The molecule has 4 heteroatoms. The van der Waals surface area contributed by atoms with E-state index >= 15 is 0 Å². The summed E-state index contributed by atoms with van der Waals surface area (Å²) in [5.74, 6) is 0. The molecule has 0 unspecified atom stereocenters. The van der Waals surface area contributed by atoms with Gasteiger partial charge in [-0.1, -0.05) is 115 Å². The van der Waals surface area contributed by atoms with Crippen LogP contribution < -0.4 is 0 Å². The summed E-state index contributed by atoms with van der Waals surface area (Å²) in [6.07, 6.45) is 4.15. The standard InChI is InChI=1S/C50H36N4/c1-4-34(27-33(2)52-3)39-30-49(53-45-21-13-11-19-40(45)42-28-37(23-25-47(42)53)35-15-7-5-8-16-35)44(32-51)50(31-39)54-46-22-14-12-20-41(46)43-29-38(24-26-48(43)54)36-17-9-6-10-18-36/h4-31H,3H2,1-2H3/b33-27-,34-4+. The van der Waals surface area contributed by atoms with E-state index in [1.807, 2.05) is 26.0 Å². The fraction of sp³-hybridized carbons (Fsp3) is 0.0400. The van der Waals surface area contributed by atoms with E-state index in [-0.39, 0.29) is 0 Å². The number of nitriles is 1. The van der Waals surface area contributed by atoms with Gasteiger partial charge in [0.2, 0.25) is 0 Å². The largest absolute Gasteiger partial charge is 0.308 e. The van der Waals surface area contributed by atoms with Gasteiger partial charge in [0.15, 0.2) is 0 Å². The fourth-order valence-electron chi connectivity index (χ4n) is 7.93. The van der Waals surface area contributed by atoms with Crippen LogP contribution in [0.5, 0.6) is 0 Å². The van der Waals surface area contributed by atoms with Gasteiger partial charge in [-0.15, -0.1) is 0 Å². The first kappa shape index (κ1) is 32.7. The Balaban J connectivity index is 1.39. The molecule has 0 amide bonds. The third-order valence-electron chi connectivity index (χ3n) is 10.5. The lowest BCUT2D eigenvalue weighted by atomic mass is 9.98. The fourth-order valence-corrected chi connectivity index (χ4v) is 7.93. The molecule has 0 N–H and O–H groups in total. The highest BCUT2D eigenvalue weighted by Gasteiger charge is 2.23. The van der Waals surface area contributed by atoms with Crippen molar-refractivity contribution in [3.05, 3.63) is 187 Å². The number of benzene rings is 7. The van der Waals surface area contributed by atoms with E-state index in [0.717, 1.165) is 94.1 Å². The normalized spacial score (nSPS) is 12.2. The van der Waals surface area contributed by atoms with E-state index in [2.05, 4.69) is 185 Å². The van der Waals surface area contributed by atoms with Crippen LogP contribution in [-0.4, -0.2) is 15.9 Å². The van der Waals surface area contributed by atoms with Crippen molar-refractivity contribution in [1.82, 2.24) is 9.13 Å². The number of hydrogen-bond donors (Lipinski definition) is 0. The maximum Gasteiger partial charge on any atom is 0.104 e. The maximum absolute atomic E-state index is 11.3. The minimum Gasteiger partial charge on any atom is -0.308 e. The summed E-state index contributed by atoms with van der Waals surface area (Å²) in [5.41, 5.74) is 13.7. The van der Waals surface area contributed by atoms with Gasteiger partial charge < -0.3 is 9.13 Å². The van der Waals surface area contributed by atoms with E-state index in [9.17, 15) is 5.26 Å². The Labute approximate surface area is 314 Å². The molecule has 54 heavy (non-hydrogen) atoms. The zero-order chi connectivity index (χ0) is 36.8. The van der Waals surface area contributed by atoms with E-state index < -0.39 is 0 Å². The Hall–Kier alpha value is -7.22. The smallest absolute Gasteiger partial charge is 0.104 e. The topological polar surface area (TPSA) is 46.0 Å². The number of hydrogen-bond acceptors (Lipinski definition) is 2. The summed E-state index contributed by atoms with van der Waals surface area (Å²) in [5, 5.41) is 15.8. The van der Waals surface area contributed by atoms with Crippen molar-refractivity contribution in [2.75, 3.05) is 0 Å². The third kappa shape index (κ3) is 5.34. The van der Waals surface area contributed by atoms with Crippen LogP contribution in [0, 0.1) is 11.3 Å². The highest BCUT2D eigenvalue weighted by molar-refractivity contribution is 6.12. The number of aliphatic imine (C=N–C) groups is 1. The molecule has 256 valence electrons. The molecule has 0 radical (unpaired) electrons. The Morgan fingerprint density at radius 2 is 1.00 bits per heavy atom. The number of para-hydroxylation sites is 2. The SMILES string of the molecule is C=N/C(C)=C\C(=C/C)c1cc(-n2c3ccccc3c3cc(-c4ccccc4)ccc32)c(C#N)c(-n2c3ccccc3c3cc(-c4ccccc4)ccc32)c1. The van der Waals surface area contributed by atoms with E-state index in [1.165, 1.54) is 0 Å². The monoisotopic (exact) mass is 692 g/mol. The van der Waals surface area contributed by atoms with Crippen molar-refractivity contribution in [1.29, 1.82) is 5.26 Å². The third-order valence-corrected chi connectivity index (χ3v) is 10.5. The summed E-state index contributed by atoms with van der Waals surface area (Å²) in [7, 11) is 0. The first-order valence-electron chi connectivity index (χ1n) is 18.2. The van der Waals surface area contributed by atoms with Crippen LogP contribution in [0.3, 0.4) is 0 Å². The quantitative estimate of drug-likeness (QED) is 0.121. The number of fused-ring (bicyclic) bond motifs is 6. The van der Waals surface area contributed by atoms with Gasteiger partial charge in [-0.2, -0.15) is 5.26 Å². The van der Waals surface area contributed by atoms with Gasteiger partial charge in [-0.05, 0) is 109 Å². The summed E-state index contributed by atoms with van der Waals surface area (Å²) < 4.78 is 4.53. The van der Waals surface area contributed by atoms with Gasteiger partial charge in [-0.3, -0.25) is 4.99 Å². The molecule has 0 aliphatic rings. The number of nitrogens with zero attached hydrogens (tertiary/aromatic N) is 4. The molecule has 4 nitrogen and oxygen atoms in total. The van der Waals surface area contributed by atoms with Crippen LogP contribution in [0.1, 0.15) is 25.0 Å². The highest BCUT2D eigenvalue weighted by Crippen LogP contribution is 2.41. The zero-order valence-electron chi connectivity index (χ0n) is 30.2. The second kappa shape index (κ2) is 13.4. The molecule has 0 spiro atoms. The van der Waals surface area contributed by atoms with E-state index in [1.54, 1.807) is 0 Å². The average Bonchev–Trinajstić information content (AvgIpc) is 3.75. The first-order chi connectivity index (χ1) is 26.6. The van der Waals surface area contributed by atoms with Gasteiger partial charge in [-0.25, -0.2) is 0 Å². The van der Waals surface area contributed by atoms with E-state index in [4.69, 9.17) is 0 Å². The van der Waals surface area contributed by atoms with Crippen molar-refractivity contribution in [3.63, 3.8) is 0 Å². The summed E-state index contributed by atoms with van der Waals surface area (Å²) >= 11 is 0. The van der Waals surface area contributed by atoms with Gasteiger partial charge >= 0.3 is 0 Å². The molecular formula is C50H36N4. The van der Waals surface area contributed by atoms with Gasteiger partial charge in [0.1, 0.15) is 11.6 Å². The lowest BCUT2D eigenvalue weighted by Crippen LogP contribution is -2.06. The van der Waals surface area contributed by atoms with Crippen molar-refractivity contribution in [2.24, 2.45) is 4.99 Å². The molecule has 0 bridgehead atoms. The van der Waals surface area contributed by atoms with Gasteiger partial charge in [0.05, 0.1) is 33.4 Å². The zero-order valence-corrected chi connectivity index (χ0v) is 30.2. The van der Waals surface area contributed by atoms with Crippen molar-refractivity contribution < 1.29 is 0 Å². The molecular weight excluding hydrogens is 657 g/mol. The van der Waals surface area contributed by atoms with Crippen molar-refractivity contribution in [2.45, 2.75) is 13.8 Å². The highest BCUT2D eigenvalue weighted by atomic mass is 15.0. The van der Waals surface area contributed by atoms with Crippen LogP contribution in [0.15, 0.2) is 181 Å². The number of rotatable bonds is 7. The molecule has 0 atom stereocenters. The number of allylic oxidation sites excluding steroid dienone is 4. The van der Waals surface area contributed by atoms with Crippen molar-refractivity contribution >= 4 is 55.9 Å².